The second-order valence-corrected chi connectivity index (χ2v) is 6.96. The largest absolute Gasteiger partial charge is 0.463 e. The van der Waals surface area contributed by atoms with Gasteiger partial charge in [-0.3, -0.25) is 9.78 Å². The Morgan fingerprint density at radius 2 is 2.00 bits per heavy atom. The standard InChI is InChI=1S/C19H22N4O3/c24-17(16-2-8-20-9-3-16)23-13-19(14-23)12-15(5-11-26-19)4-10-25-18-21-6-1-7-22-18/h1-3,6-9,15H,4-5,10-14H2. The van der Waals surface area contributed by atoms with Gasteiger partial charge in [-0.1, -0.05) is 0 Å². The zero-order valence-corrected chi connectivity index (χ0v) is 14.6. The molecule has 1 spiro atoms. The van der Waals surface area contributed by atoms with Gasteiger partial charge in [-0.15, -0.1) is 0 Å². The molecular weight excluding hydrogens is 332 g/mol. The van der Waals surface area contributed by atoms with E-state index in [1.54, 1.807) is 43.0 Å². The van der Waals surface area contributed by atoms with E-state index in [4.69, 9.17) is 9.47 Å². The Bertz CT molecular complexity index is 735. The van der Waals surface area contributed by atoms with Gasteiger partial charge in [0, 0.05) is 37.0 Å². The van der Waals surface area contributed by atoms with E-state index in [9.17, 15) is 4.79 Å². The highest BCUT2D eigenvalue weighted by Gasteiger charge is 2.49. The number of hydrogen-bond donors (Lipinski definition) is 0. The van der Waals surface area contributed by atoms with Crippen molar-refractivity contribution in [2.45, 2.75) is 24.9 Å². The van der Waals surface area contributed by atoms with Crippen molar-refractivity contribution < 1.29 is 14.3 Å². The molecule has 1 atom stereocenters. The van der Waals surface area contributed by atoms with Gasteiger partial charge in [-0.05, 0) is 43.4 Å². The summed E-state index contributed by atoms with van der Waals surface area (Å²) in [5.41, 5.74) is 0.493. The molecule has 0 radical (unpaired) electrons. The Kier molecular flexibility index (Phi) is 4.79. The number of carbonyl (C=O) groups is 1. The molecule has 2 fully saturated rings. The number of carbonyl (C=O) groups excluding carboxylic acids is 1. The van der Waals surface area contributed by atoms with Crippen molar-refractivity contribution >= 4 is 5.91 Å². The summed E-state index contributed by atoms with van der Waals surface area (Å²) in [6.07, 6.45) is 9.58. The molecule has 136 valence electrons. The number of pyridine rings is 1. The van der Waals surface area contributed by atoms with Crippen LogP contribution >= 0.6 is 0 Å². The Labute approximate surface area is 152 Å². The SMILES string of the molecule is O=C(c1ccncc1)N1CC2(CC(CCOc3ncccn3)CCO2)C1. The van der Waals surface area contributed by atoms with Crippen LogP contribution in [0, 0.1) is 5.92 Å². The van der Waals surface area contributed by atoms with E-state index < -0.39 is 0 Å². The first-order valence-electron chi connectivity index (χ1n) is 8.97. The number of amides is 1. The molecule has 2 aliphatic heterocycles. The van der Waals surface area contributed by atoms with Crippen LogP contribution in [0.25, 0.3) is 0 Å². The van der Waals surface area contributed by atoms with Crippen LogP contribution in [-0.4, -0.2) is 57.7 Å². The monoisotopic (exact) mass is 354 g/mol. The Hall–Kier alpha value is -2.54. The van der Waals surface area contributed by atoms with E-state index in [0.29, 0.717) is 37.2 Å². The summed E-state index contributed by atoms with van der Waals surface area (Å²) in [6.45, 7) is 2.66. The van der Waals surface area contributed by atoms with Crippen molar-refractivity contribution in [2.24, 2.45) is 5.92 Å². The minimum atomic E-state index is -0.186. The quantitative estimate of drug-likeness (QED) is 0.817. The lowest BCUT2D eigenvalue weighted by atomic mass is 9.79. The summed E-state index contributed by atoms with van der Waals surface area (Å²) in [7, 11) is 0. The minimum Gasteiger partial charge on any atom is -0.463 e. The first-order chi connectivity index (χ1) is 12.7. The molecule has 4 rings (SSSR count). The topological polar surface area (TPSA) is 77.4 Å². The summed E-state index contributed by atoms with van der Waals surface area (Å²) in [5.74, 6) is 0.582. The van der Waals surface area contributed by atoms with Gasteiger partial charge in [0.1, 0.15) is 5.60 Å². The van der Waals surface area contributed by atoms with Crippen LogP contribution in [-0.2, 0) is 4.74 Å². The maximum Gasteiger partial charge on any atom is 0.316 e. The average molecular weight is 354 g/mol. The van der Waals surface area contributed by atoms with Crippen LogP contribution < -0.4 is 4.74 Å². The number of rotatable bonds is 5. The zero-order chi connectivity index (χ0) is 17.8. The van der Waals surface area contributed by atoms with Gasteiger partial charge >= 0.3 is 6.01 Å². The van der Waals surface area contributed by atoms with Crippen LogP contribution in [0.15, 0.2) is 43.0 Å². The highest BCUT2D eigenvalue weighted by atomic mass is 16.5. The van der Waals surface area contributed by atoms with Gasteiger partial charge < -0.3 is 14.4 Å². The predicted molar refractivity (Wildman–Crippen MR) is 93.7 cm³/mol. The third-order valence-electron chi connectivity index (χ3n) is 5.07. The third kappa shape index (κ3) is 3.67. The molecule has 1 amide bonds. The van der Waals surface area contributed by atoms with E-state index in [1.807, 2.05) is 4.90 Å². The fourth-order valence-electron chi connectivity index (χ4n) is 3.74. The first-order valence-corrected chi connectivity index (χ1v) is 8.97. The lowest BCUT2D eigenvalue weighted by molar-refractivity contribution is -0.166. The summed E-state index contributed by atoms with van der Waals surface area (Å²) in [4.78, 5) is 26.4. The van der Waals surface area contributed by atoms with Crippen molar-refractivity contribution in [1.29, 1.82) is 0 Å². The highest BCUT2D eigenvalue weighted by molar-refractivity contribution is 5.94. The fraction of sp³-hybridized carbons (Fsp3) is 0.474. The average Bonchev–Trinajstić information content (AvgIpc) is 2.67. The van der Waals surface area contributed by atoms with Crippen LogP contribution in [0.2, 0.25) is 0 Å². The van der Waals surface area contributed by atoms with Gasteiger partial charge in [-0.25, -0.2) is 9.97 Å². The molecule has 26 heavy (non-hydrogen) atoms. The predicted octanol–water partition coefficient (Wildman–Crippen LogP) is 1.96. The maximum absolute atomic E-state index is 12.5. The Morgan fingerprint density at radius 3 is 2.77 bits per heavy atom. The molecular formula is C19H22N4O3. The van der Waals surface area contributed by atoms with E-state index in [-0.39, 0.29) is 11.5 Å². The second-order valence-electron chi connectivity index (χ2n) is 6.96. The number of aromatic nitrogens is 3. The minimum absolute atomic E-state index is 0.0494. The normalized spacial score (nSPS) is 21.2. The van der Waals surface area contributed by atoms with E-state index >= 15 is 0 Å². The summed E-state index contributed by atoms with van der Waals surface area (Å²) in [5, 5.41) is 0. The number of likely N-dealkylation sites (tertiary alicyclic amines) is 1. The maximum atomic E-state index is 12.5. The van der Waals surface area contributed by atoms with Crippen molar-refractivity contribution in [2.75, 3.05) is 26.3 Å². The molecule has 0 N–H and O–H groups in total. The molecule has 1 unspecified atom stereocenters. The second kappa shape index (κ2) is 7.37. The molecule has 7 nitrogen and oxygen atoms in total. The van der Waals surface area contributed by atoms with Crippen LogP contribution in [0.3, 0.4) is 0 Å². The lowest BCUT2D eigenvalue weighted by Crippen LogP contribution is -2.66. The summed E-state index contributed by atoms with van der Waals surface area (Å²) < 4.78 is 11.7. The van der Waals surface area contributed by atoms with Crippen LogP contribution in [0.5, 0.6) is 6.01 Å². The molecule has 0 saturated carbocycles. The highest BCUT2D eigenvalue weighted by Crippen LogP contribution is 2.38. The van der Waals surface area contributed by atoms with Crippen molar-refractivity contribution in [3.05, 3.63) is 48.5 Å². The Balaban J connectivity index is 1.26. The van der Waals surface area contributed by atoms with Gasteiger partial charge in [0.15, 0.2) is 0 Å². The molecule has 2 aromatic rings. The molecule has 0 aromatic carbocycles. The third-order valence-corrected chi connectivity index (χ3v) is 5.07. The molecule has 2 aromatic heterocycles. The van der Waals surface area contributed by atoms with Crippen molar-refractivity contribution in [3.8, 4) is 6.01 Å². The molecule has 0 bridgehead atoms. The zero-order valence-electron chi connectivity index (χ0n) is 14.6. The molecule has 7 heteroatoms. The van der Waals surface area contributed by atoms with Crippen LogP contribution in [0.1, 0.15) is 29.6 Å². The van der Waals surface area contributed by atoms with Gasteiger partial charge in [-0.2, -0.15) is 0 Å². The molecule has 2 aliphatic rings. The van der Waals surface area contributed by atoms with Gasteiger partial charge in [0.2, 0.25) is 0 Å². The van der Waals surface area contributed by atoms with Crippen molar-refractivity contribution in [1.82, 2.24) is 19.9 Å². The smallest absolute Gasteiger partial charge is 0.316 e. The number of ether oxygens (including phenoxy) is 2. The summed E-state index contributed by atoms with van der Waals surface area (Å²) in [6, 6.07) is 5.69. The number of hydrogen-bond acceptors (Lipinski definition) is 6. The Morgan fingerprint density at radius 1 is 1.23 bits per heavy atom. The fourth-order valence-corrected chi connectivity index (χ4v) is 3.74. The summed E-state index contributed by atoms with van der Waals surface area (Å²) >= 11 is 0. The number of nitrogens with zero attached hydrogens (tertiary/aromatic N) is 4. The van der Waals surface area contributed by atoms with Crippen molar-refractivity contribution in [3.63, 3.8) is 0 Å². The van der Waals surface area contributed by atoms with E-state index in [1.165, 1.54) is 0 Å². The lowest BCUT2D eigenvalue weighted by Gasteiger charge is -2.53. The molecule has 2 saturated heterocycles. The molecule has 4 heterocycles. The van der Waals surface area contributed by atoms with Crippen LogP contribution in [0.4, 0.5) is 0 Å². The molecule has 0 aliphatic carbocycles. The van der Waals surface area contributed by atoms with E-state index in [2.05, 4.69) is 15.0 Å². The van der Waals surface area contributed by atoms with E-state index in [0.717, 1.165) is 25.9 Å². The first kappa shape index (κ1) is 16.9. The van der Waals surface area contributed by atoms with Gasteiger partial charge in [0.25, 0.3) is 5.91 Å². The van der Waals surface area contributed by atoms with Gasteiger partial charge in [0.05, 0.1) is 19.7 Å².